The van der Waals surface area contributed by atoms with Crippen molar-refractivity contribution >= 4 is 5.91 Å². The molecule has 4 heteroatoms. The van der Waals surface area contributed by atoms with Crippen molar-refractivity contribution in [3.05, 3.63) is 0 Å². The minimum Gasteiger partial charge on any atom is -0.352 e. The number of quaternary nitrogens is 1. The van der Waals surface area contributed by atoms with Crippen LogP contribution in [0, 0.1) is 11.3 Å². The summed E-state index contributed by atoms with van der Waals surface area (Å²) in [5.41, 5.74) is 0. The highest BCUT2D eigenvalue weighted by atomic mass is 16.1. The fourth-order valence-electron chi connectivity index (χ4n) is 2.12. The summed E-state index contributed by atoms with van der Waals surface area (Å²) in [5.74, 6) is -0.124. The third-order valence-corrected chi connectivity index (χ3v) is 2.90. The molecule has 4 nitrogen and oxygen atoms in total. The van der Waals surface area contributed by atoms with Crippen molar-refractivity contribution in [2.24, 2.45) is 0 Å². The number of hydrogen-bond donors (Lipinski definition) is 2. The number of carbonyl (C=O) groups is 1. The van der Waals surface area contributed by atoms with Gasteiger partial charge in [-0.25, -0.2) is 0 Å². The number of amides is 1. The molecule has 0 atom stereocenters. The molecule has 0 spiro atoms. The molecule has 1 aliphatic heterocycles. The third kappa shape index (κ3) is 4.30. The summed E-state index contributed by atoms with van der Waals surface area (Å²) < 4.78 is 0. The van der Waals surface area contributed by atoms with Crippen molar-refractivity contribution in [2.75, 3.05) is 19.6 Å². The van der Waals surface area contributed by atoms with Crippen LogP contribution < -0.4 is 10.2 Å². The maximum absolute atomic E-state index is 11.2. The number of piperidine rings is 1. The molecule has 1 rings (SSSR count). The van der Waals surface area contributed by atoms with Gasteiger partial charge in [0.25, 0.3) is 0 Å². The van der Waals surface area contributed by atoms with Crippen molar-refractivity contribution in [1.82, 2.24) is 5.32 Å². The fraction of sp³-hybridized carbons (Fsp3) is 0.818. The summed E-state index contributed by atoms with van der Waals surface area (Å²) >= 11 is 0. The molecular weight excluding hydrogens is 190 g/mol. The van der Waals surface area contributed by atoms with Crippen molar-refractivity contribution in [2.45, 2.75) is 38.6 Å². The van der Waals surface area contributed by atoms with Gasteiger partial charge in [-0.15, -0.1) is 0 Å². The van der Waals surface area contributed by atoms with Gasteiger partial charge in [0, 0.05) is 18.9 Å². The van der Waals surface area contributed by atoms with Gasteiger partial charge in [0.15, 0.2) is 0 Å². The van der Waals surface area contributed by atoms with Crippen LogP contribution in [0.2, 0.25) is 0 Å². The van der Waals surface area contributed by atoms with E-state index in [1.54, 1.807) is 4.90 Å². The SMILES string of the molecule is CCC[NH+]1CCC(NC(=O)CC#N)CC1. The van der Waals surface area contributed by atoms with Gasteiger partial charge in [0.2, 0.25) is 5.91 Å². The smallest absolute Gasteiger partial charge is 0.234 e. The molecule has 2 N–H and O–H groups in total. The maximum atomic E-state index is 11.2. The van der Waals surface area contributed by atoms with E-state index in [0.717, 1.165) is 25.9 Å². The van der Waals surface area contributed by atoms with Crippen molar-refractivity contribution < 1.29 is 9.69 Å². The zero-order valence-corrected chi connectivity index (χ0v) is 9.38. The molecule has 1 saturated heterocycles. The van der Waals surface area contributed by atoms with Gasteiger partial charge in [0.1, 0.15) is 6.42 Å². The lowest BCUT2D eigenvalue weighted by atomic mass is 10.0. The standard InChI is InChI=1S/C11H19N3O/c1-2-7-14-8-4-10(5-9-14)13-11(15)3-6-12/h10H,2-5,7-9H2,1H3,(H,13,15)/p+1. The van der Waals surface area contributed by atoms with E-state index in [2.05, 4.69) is 12.2 Å². The van der Waals surface area contributed by atoms with Crippen LogP contribution in [-0.2, 0) is 4.79 Å². The number of likely N-dealkylation sites (tertiary alicyclic amines) is 1. The van der Waals surface area contributed by atoms with E-state index in [1.807, 2.05) is 6.07 Å². The highest BCUT2D eigenvalue weighted by Gasteiger charge is 2.22. The topological polar surface area (TPSA) is 57.3 Å². The molecule has 15 heavy (non-hydrogen) atoms. The zero-order valence-electron chi connectivity index (χ0n) is 9.38. The average Bonchev–Trinajstić information content (AvgIpc) is 2.22. The van der Waals surface area contributed by atoms with Gasteiger partial charge in [-0.1, -0.05) is 6.92 Å². The van der Waals surface area contributed by atoms with Gasteiger partial charge < -0.3 is 10.2 Å². The molecule has 1 heterocycles. The third-order valence-electron chi connectivity index (χ3n) is 2.90. The first kappa shape index (κ1) is 12.0. The second kappa shape index (κ2) is 6.41. The Hall–Kier alpha value is -1.08. The largest absolute Gasteiger partial charge is 0.352 e. The summed E-state index contributed by atoms with van der Waals surface area (Å²) in [6, 6.07) is 2.17. The van der Waals surface area contributed by atoms with Crippen LogP contribution >= 0.6 is 0 Å². The van der Waals surface area contributed by atoms with E-state index in [0.29, 0.717) is 6.04 Å². The first-order valence-electron chi connectivity index (χ1n) is 5.76. The minimum absolute atomic E-state index is 0.0119. The predicted molar refractivity (Wildman–Crippen MR) is 57.2 cm³/mol. The summed E-state index contributed by atoms with van der Waals surface area (Å²) in [6.45, 7) is 5.73. The second-order valence-corrected chi connectivity index (χ2v) is 4.18. The van der Waals surface area contributed by atoms with Crippen LogP contribution in [0.1, 0.15) is 32.6 Å². The maximum Gasteiger partial charge on any atom is 0.234 e. The number of nitrogens with zero attached hydrogens (tertiary/aromatic N) is 1. The van der Waals surface area contributed by atoms with Gasteiger partial charge in [-0.2, -0.15) is 5.26 Å². The van der Waals surface area contributed by atoms with E-state index in [9.17, 15) is 4.79 Å². The molecule has 1 fully saturated rings. The number of nitriles is 1. The van der Waals surface area contributed by atoms with Crippen LogP contribution in [0.4, 0.5) is 0 Å². The number of carbonyl (C=O) groups excluding carboxylic acids is 1. The lowest BCUT2D eigenvalue weighted by Gasteiger charge is -2.29. The molecule has 0 bridgehead atoms. The van der Waals surface area contributed by atoms with Crippen molar-refractivity contribution in [3.63, 3.8) is 0 Å². The van der Waals surface area contributed by atoms with E-state index in [1.165, 1.54) is 13.0 Å². The van der Waals surface area contributed by atoms with E-state index < -0.39 is 0 Å². The summed E-state index contributed by atoms with van der Waals surface area (Å²) in [5, 5.41) is 11.3. The first-order chi connectivity index (χ1) is 7.26. The lowest BCUT2D eigenvalue weighted by molar-refractivity contribution is -0.905. The Bertz CT molecular complexity index is 239. The second-order valence-electron chi connectivity index (χ2n) is 4.18. The summed E-state index contributed by atoms with van der Waals surface area (Å²) in [6.07, 6.45) is 3.31. The normalized spacial score (nSPS) is 25.6. The molecule has 1 amide bonds. The van der Waals surface area contributed by atoms with E-state index >= 15 is 0 Å². The highest BCUT2D eigenvalue weighted by molar-refractivity contribution is 5.78. The fourth-order valence-corrected chi connectivity index (χ4v) is 2.12. The quantitative estimate of drug-likeness (QED) is 0.655. The average molecular weight is 210 g/mol. The molecule has 0 unspecified atom stereocenters. The number of hydrogen-bond acceptors (Lipinski definition) is 2. The summed E-state index contributed by atoms with van der Waals surface area (Å²) in [4.78, 5) is 12.8. The van der Waals surface area contributed by atoms with Gasteiger partial charge in [-0.3, -0.25) is 4.79 Å². The van der Waals surface area contributed by atoms with Crippen LogP contribution in [-0.4, -0.2) is 31.6 Å². The Kier molecular flexibility index (Phi) is 5.13. The van der Waals surface area contributed by atoms with Crippen LogP contribution in [0.15, 0.2) is 0 Å². The van der Waals surface area contributed by atoms with Crippen LogP contribution in [0.5, 0.6) is 0 Å². The molecule has 0 aliphatic carbocycles. The molecule has 1 aliphatic rings. The molecule has 84 valence electrons. The van der Waals surface area contributed by atoms with E-state index in [-0.39, 0.29) is 12.3 Å². The number of rotatable bonds is 4. The molecule has 0 saturated carbocycles. The molecule has 0 aromatic heterocycles. The van der Waals surface area contributed by atoms with Gasteiger partial charge >= 0.3 is 0 Å². The van der Waals surface area contributed by atoms with Gasteiger partial charge in [0.05, 0.1) is 25.7 Å². The Balaban J connectivity index is 2.20. The Morgan fingerprint density at radius 3 is 2.73 bits per heavy atom. The summed E-state index contributed by atoms with van der Waals surface area (Å²) in [7, 11) is 0. The number of nitrogens with one attached hydrogen (secondary N) is 2. The highest BCUT2D eigenvalue weighted by Crippen LogP contribution is 1.99. The van der Waals surface area contributed by atoms with Crippen LogP contribution in [0.3, 0.4) is 0 Å². The Morgan fingerprint density at radius 2 is 2.20 bits per heavy atom. The molecule has 0 aromatic carbocycles. The Labute approximate surface area is 91.2 Å². The molecule has 0 radical (unpaired) electrons. The van der Waals surface area contributed by atoms with Crippen LogP contribution in [0.25, 0.3) is 0 Å². The van der Waals surface area contributed by atoms with Crippen molar-refractivity contribution in [1.29, 1.82) is 5.26 Å². The Morgan fingerprint density at radius 1 is 1.53 bits per heavy atom. The zero-order chi connectivity index (χ0) is 11.1. The predicted octanol–water partition coefficient (Wildman–Crippen LogP) is -0.526. The van der Waals surface area contributed by atoms with Gasteiger partial charge in [-0.05, 0) is 6.42 Å². The minimum atomic E-state index is -0.124. The monoisotopic (exact) mass is 210 g/mol. The molecular formula is C11H20N3O+. The van der Waals surface area contributed by atoms with E-state index in [4.69, 9.17) is 5.26 Å². The lowest BCUT2D eigenvalue weighted by Crippen LogP contribution is -3.13. The first-order valence-corrected chi connectivity index (χ1v) is 5.76. The molecule has 0 aromatic rings. The van der Waals surface area contributed by atoms with Crippen molar-refractivity contribution in [3.8, 4) is 6.07 Å².